The van der Waals surface area contributed by atoms with Gasteiger partial charge in [-0.2, -0.15) is 0 Å². The Morgan fingerprint density at radius 1 is 0.950 bits per heavy atom. The first-order valence-electron chi connectivity index (χ1n) is 14.0. The second-order valence-electron chi connectivity index (χ2n) is 12.0. The smallest absolute Gasteiger partial charge is 0.335 e. The average Bonchev–Trinajstić information content (AvgIpc) is 2.91. The number of nitrogens with one attached hydrogen (secondary N) is 2. The number of halogens is 2. The van der Waals surface area contributed by atoms with Gasteiger partial charge in [-0.1, -0.05) is 64.3 Å². The molecule has 0 amide bonds. The van der Waals surface area contributed by atoms with Crippen LogP contribution >= 0.6 is 0 Å². The summed E-state index contributed by atoms with van der Waals surface area (Å²) >= 11 is 0. The first-order chi connectivity index (χ1) is 18.9. The molecule has 1 fully saturated rings. The summed E-state index contributed by atoms with van der Waals surface area (Å²) in [7, 11) is 0. The molecule has 0 heterocycles. The molecule has 40 heavy (non-hydrogen) atoms. The maximum Gasteiger partial charge on any atom is 0.335 e. The van der Waals surface area contributed by atoms with Crippen LogP contribution in [0.4, 0.5) is 14.5 Å². The monoisotopic (exact) mass is 550 g/mol. The summed E-state index contributed by atoms with van der Waals surface area (Å²) in [6.45, 7) is 6.87. The summed E-state index contributed by atoms with van der Waals surface area (Å²) in [5, 5.41) is 27.7. The zero-order valence-electron chi connectivity index (χ0n) is 23.5. The van der Waals surface area contributed by atoms with Crippen LogP contribution in [0.25, 0.3) is 0 Å². The third-order valence-electron chi connectivity index (χ3n) is 7.96. The summed E-state index contributed by atoms with van der Waals surface area (Å²) < 4.78 is 28.0. The minimum atomic E-state index is -1.03. The van der Waals surface area contributed by atoms with Crippen LogP contribution in [0.15, 0.2) is 66.7 Å². The van der Waals surface area contributed by atoms with Crippen molar-refractivity contribution in [2.24, 2.45) is 0 Å². The highest BCUT2D eigenvalue weighted by Crippen LogP contribution is 2.38. The van der Waals surface area contributed by atoms with Crippen LogP contribution in [-0.2, 0) is 17.4 Å². The molecule has 1 aliphatic carbocycles. The molecule has 1 aliphatic rings. The van der Waals surface area contributed by atoms with Crippen LogP contribution in [0, 0.1) is 11.6 Å². The van der Waals surface area contributed by atoms with E-state index in [0.29, 0.717) is 11.3 Å². The van der Waals surface area contributed by atoms with Crippen molar-refractivity contribution in [3.05, 3.63) is 101 Å². The third kappa shape index (κ3) is 7.46. The SMILES string of the molecule is CC(C)(C)c1cccc(C2(NCC(O)C(Cc3cc(F)cc(F)c3)Nc3ccc(C(=O)O)cc3)CCCCC2)c1. The lowest BCUT2D eigenvalue weighted by Gasteiger charge is -2.41. The number of carboxylic acid groups (broad SMARTS) is 1. The Morgan fingerprint density at radius 3 is 2.20 bits per heavy atom. The van der Waals surface area contributed by atoms with Gasteiger partial charge in [0.05, 0.1) is 17.7 Å². The van der Waals surface area contributed by atoms with E-state index < -0.39 is 29.7 Å². The number of hydrogen-bond acceptors (Lipinski definition) is 4. The van der Waals surface area contributed by atoms with Crippen molar-refractivity contribution < 1.29 is 23.8 Å². The highest BCUT2D eigenvalue weighted by atomic mass is 19.1. The molecule has 2 atom stereocenters. The largest absolute Gasteiger partial charge is 0.478 e. The van der Waals surface area contributed by atoms with Gasteiger partial charge in [-0.25, -0.2) is 13.6 Å². The molecule has 0 radical (unpaired) electrons. The third-order valence-corrected chi connectivity index (χ3v) is 7.96. The first kappa shape index (κ1) is 29.7. The van der Waals surface area contributed by atoms with Crippen LogP contribution in [-0.4, -0.2) is 34.9 Å². The van der Waals surface area contributed by atoms with E-state index in [9.17, 15) is 23.8 Å². The highest BCUT2D eigenvalue weighted by Gasteiger charge is 2.35. The second kappa shape index (κ2) is 12.5. The van der Waals surface area contributed by atoms with Gasteiger partial charge in [0, 0.05) is 23.8 Å². The van der Waals surface area contributed by atoms with Crippen LogP contribution in [0.2, 0.25) is 0 Å². The number of rotatable bonds is 10. The number of carbonyl (C=O) groups is 1. The van der Waals surface area contributed by atoms with Gasteiger partial charge in [0.1, 0.15) is 11.6 Å². The van der Waals surface area contributed by atoms with E-state index in [4.69, 9.17) is 0 Å². The molecular formula is C33H40F2N2O3. The zero-order chi connectivity index (χ0) is 28.9. The Hall–Kier alpha value is -3.29. The van der Waals surface area contributed by atoms with Crippen LogP contribution in [0.5, 0.6) is 0 Å². The molecule has 3 aromatic rings. The maximum atomic E-state index is 14.0. The number of aliphatic hydroxyl groups is 1. The molecule has 4 N–H and O–H groups in total. The maximum absolute atomic E-state index is 14.0. The molecule has 3 aromatic carbocycles. The van der Waals surface area contributed by atoms with E-state index in [1.807, 2.05) is 0 Å². The van der Waals surface area contributed by atoms with E-state index >= 15 is 0 Å². The van der Waals surface area contributed by atoms with E-state index in [1.54, 1.807) is 12.1 Å². The number of aromatic carboxylic acids is 1. The lowest BCUT2D eigenvalue weighted by molar-refractivity contribution is 0.0697. The zero-order valence-corrected chi connectivity index (χ0v) is 23.5. The van der Waals surface area contributed by atoms with Gasteiger partial charge in [-0.3, -0.25) is 0 Å². The Bertz CT molecular complexity index is 1280. The molecule has 5 nitrogen and oxygen atoms in total. The summed E-state index contributed by atoms with van der Waals surface area (Å²) in [5.41, 5.74) is 3.38. The quantitative estimate of drug-likeness (QED) is 0.223. The lowest BCUT2D eigenvalue weighted by Crippen LogP contribution is -2.50. The Morgan fingerprint density at radius 2 is 1.60 bits per heavy atom. The van der Waals surface area contributed by atoms with Crippen molar-refractivity contribution in [2.45, 2.75) is 82.4 Å². The Kier molecular flexibility index (Phi) is 9.26. The molecule has 7 heteroatoms. The van der Waals surface area contributed by atoms with Gasteiger partial charge in [0.25, 0.3) is 0 Å². The van der Waals surface area contributed by atoms with E-state index in [-0.39, 0.29) is 29.5 Å². The van der Waals surface area contributed by atoms with Gasteiger partial charge in [0.15, 0.2) is 0 Å². The highest BCUT2D eigenvalue weighted by molar-refractivity contribution is 5.88. The van der Waals surface area contributed by atoms with Crippen LogP contribution < -0.4 is 10.6 Å². The van der Waals surface area contributed by atoms with E-state index in [1.165, 1.54) is 41.8 Å². The molecule has 0 bridgehead atoms. The fourth-order valence-corrected chi connectivity index (χ4v) is 5.64. The lowest BCUT2D eigenvalue weighted by atomic mass is 9.74. The number of anilines is 1. The van der Waals surface area contributed by atoms with Crippen molar-refractivity contribution >= 4 is 11.7 Å². The second-order valence-corrected chi connectivity index (χ2v) is 12.0. The molecule has 2 unspecified atom stereocenters. The predicted molar refractivity (Wildman–Crippen MR) is 155 cm³/mol. The Balaban J connectivity index is 1.58. The minimum absolute atomic E-state index is 0.0107. The predicted octanol–water partition coefficient (Wildman–Crippen LogP) is 6.79. The molecular weight excluding hydrogens is 510 g/mol. The molecule has 0 saturated heterocycles. The van der Waals surface area contributed by atoms with Gasteiger partial charge >= 0.3 is 5.97 Å². The van der Waals surface area contributed by atoms with Crippen molar-refractivity contribution in [3.63, 3.8) is 0 Å². The minimum Gasteiger partial charge on any atom is -0.478 e. The van der Waals surface area contributed by atoms with Crippen LogP contribution in [0.1, 0.15) is 79.9 Å². The topological polar surface area (TPSA) is 81.6 Å². The van der Waals surface area contributed by atoms with Gasteiger partial charge in [-0.05, 0) is 77.8 Å². The molecule has 0 spiro atoms. The fraction of sp³-hybridized carbons (Fsp3) is 0.424. The fourth-order valence-electron chi connectivity index (χ4n) is 5.64. The standard InChI is InChI=1S/C33H40F2N2O3/c1-32(2,3)24-8-7-9-25(19-24)33(14-5-4-6-15-33)36-21-30(38)29(18-22-16-26(34)20-27(35)17-22)37-28-12-10-23(11-13-28)31(39)40/h7-13,16-17,19-20,29-30,36-38H,4-6,14-15,18,21H2,1-3H3,(H,39,40). The summed E-state index contributed by atoms with van der Waals surface area (Å²) in [4.78, 5) is 11.3. The van der Waals surface area contributed by atoms with E-state index in [0.717, 1.165) is 31.7 Å². The first-order valence-corrected chi connectivity index (χ1v) is 14.0. The van der Waals surface area contributed by atoms with Crippen molar-refractivity contribution in [2.75, 3.05) is 11.9 Å². The average molecular weight is 551 g/mol. The number of benzene rings is 3. The molecule has 4 rings (SSSR count). The van der Waals surface area contributed by atoms with Gasteiger partial charge in [0.2, 0.25) is 0 Å². The number of hydrogen-bond donors (Lipinski definition) is 4. The molecule has 0 aliphatic heterocycles. The Labute approximate surface area is 235 Å². The summed E-state index contributed by atoms with van der Waals surface area (Å²) in [6, 6.07) is 17.7. The molecule has 0 aromatic heterocycles. The normalized spacial score (nSPS) is 16.8. The van der Waals surface area contributed by atoms with Gasteiger partial charge in [-0.15, -0.1) is 0 Å². The van der Waals surface area contributed by atoms with Crippen molar-refractivity contribution in [1.29, 1.82) is 0 Å². The van der Waals surface area contributed by atoms with Crippen LogP contribution in [0.3, 0.4) is 0 Å². The summed E-state index contributed by atoms with van der Waals surface area (Å²) in [6.07, 6.45) is 4.52. The molecule has 214 valence electrons. The van der Waals surface area contributed by atoms with Crippen molar-refractivity contribution in [1.82, 2.24) is 5.32 Å². The van der Waals surface area contributed by atoms with E-state index in [2.05, 4.69) is 55.7 Å². The number of aliphatic hydroxyl groups excluding tert-OH is 1. The molecule has 1 saturated carbocycles. The van der Waals surface area contributed by atoms with Crippen molar-refractivity contribution in [3.8, 4) is 0 Å². The number of carboxylic acids is 1. The van der Waals surface area contributed by atoms with Gasteiger partial charge < -0.3 is 20.8 Å². The summed E-state index contributed by atoms with van der Waals surface area (Å²) in [5.74, 6) is -2.38.